The Labute approximate surface area is 164 Å². The van der Waals surface area contributed by atoms with Gasteiger partial charge in [-0.25, -0.2) is 0 Å². The molecule has 2 fully saturated rings. The summed E-state index contributed by atoms with van der Waals surface area (Å²) >= 11 is 0. The van der Waals surface area contributed by atoms with Crippen LogP contribution in [-0.4, -0.2) is 59.5 Å². The molecule has 150 valence electrons. The summed E-state index contributed by atoms with van der Waals surface area (Å²) < 4.78 is 0. The Morgan fingerprint density at radius 1 is 1.22 bits per heavy atom. The molecule has 3 rings (SSSR count). The lowest BCUT2D eigenvalue weighted by molar-refractivity contribution is -0.127. The van der Waals surface area contributed by atoms with Crippen LogP contribution in [0.4, 0.5) is 0 Å². The first-order valence-corrected chi connectivity index (χ1v) is 10.5. The zero-order valence-corrected chi connectivity index (χ0v) is 17.3. The normalized spacial score (nSPS) is 23.3. The van der Waals surface area contributed by atoms with Crippen molar-refractivity contribution in [3.8, 4) is 0 Å². The molecule has 0 saturated carbocycles. The number of carbonyl (C=O) groups excluding carboxylic acids is 1. The van der Waals surface area contributed by atoms with Gasteiger partial charge in [0.05, 0.1) is 5.92 Å². The van der Waals surface area contributed by atoms with Crippen molar-refractivity contribution in [2.75, 3.05) is 32.7 Å². The van der Waals surface area contributed by atoms with Crippen LogP contribution in [0, 0.1) is 11.3 Å². The van der Waals surface area contributed by atoms with Gasteiger partial charge in [0.25, 0.3) is 0 Å². The molecule has 1 atom stereocenters. The van der Waals surface area contributed by atoms with Gasteiger partial charge in [-0.15, -0.1) is 0 Å². The average Bonchev–Trinajstić information content (AvgIpc) is 2.66. The number of piperidine rings is 2. The number of carbonyl (C=O) groups is 1. The third-order valence-electron chi connectivity index (χ3n) is 5.78. The predicted octanol–water partition coefficient (Wildman–Crippen LogP) is 2.92. The van der Waals surface area contributed by atoms with Gasteiger partial charge in [-0.2, -0.15) is 0 Å². The second-order valence-electron chi connectivity index (χ2n) is 9.48. The molecule has 3 heterocycles. The average molecular weight is 373 g/mol. The highest BCUT2D eigenvalue weighted by Crippen LogP contribution is 2.25. The van der Waals surface area contributed by atoms with Crippen LogP contribution in [-0.2, 0) is 11.3 Å². The number of hydrogen-bond acceptors (Lipinski definition) is 4. The highest BCUT2D eigenvalue weighted by molar-refractivity contribution is 5.78. The SMILES string of the molecule is CC(C)(C)CN1CCC(N2CCCC(C(=O)NCc3cccnc3)C2)CC1. The zero-order valence-electron chi connectivity index (χ0n) is 17.3. The highest BCUT2D eigenvalue weighted by atomic mass is 16.1. The summed E-state index contributed by atoms with van der Waals surface area (Å²) in [5, 5.41) is 3.11. The Balaban J connectivity index is 1.44. The Hall–Kier alpha value is -1.46. The summed E-state index contributed by atoms with van der Waals surface area (Å²) in [4.78, 5) is 22.0. The lowest BCUT2D eigenvalue weighted by Crippen LogP contribution is -2.51. The van der Waals surface area contributed by atoms with Gasteiger partial charge in [-0.3, -0.25) is 14.7 Å². The highest BCUT2D eigenvalue weighted by Gasteiger charge is 2.32. The van der Waals surface area contributed by atoms with Gasteiger partial charge in [-0.05, 0) is 62.4 Å². The van der Waals surface area contributed by atoms with E-state index in [1.807, 2.05) is 18.3 Å². The minimum atomic E-state index is 0.128. The molecule has 5 heteroatoms. The van der Waals surface area contributed by atoms with Crippen LogP contribution >= 0.6 is 0 Å². The summed E-state index contributed by atoms with van der Waals surface area (Å²) in [6, 6.07) is 4.57. The number of pyridine rings is 1. The Morgan fingerprint density at radius 3 is 2.67 bits per heavy atom. The molecule has 2 aliphatic heterocycles. The summed E-state index contributed by atoms with van der Waals surface area (Å²) in [6.45, 7) is 13.2. The minimum Gasteiger partial charge on any atom is -0.352 e. The molecule has 1 N–H and O–H groups in total. The Bertz CT molecular complexity index is 590. The first-order chi connectivity index (χ1) is 12.9. The van der Waals surface area contributed by atoms with Crippen molar-refractivity contribution in [1.29, 1.82) is 0 Å². The first-order valence-electron chi connectivity index (χ1n) is 10.5. The van der Waals surface area contributed by atoms with E-state index in [9.17, 15) is 4.79 Å². The van der Waals surface area contributed by atoms with E-state index >= 15 is 0 Å². The maximum absolute atomic E-state index is 12.6. The van der Waals surface area contributed by atoms with E-state index < -0.39 is 0 Å². The monoisotopic (exact) mass is 372 g/mol. The fourth-order valence-electron chi connectivity index (χ4n) is 4.50. The molecule has 0 spiro atoms. The molecular weight excluding hydrogens is 336 g/mol. The number of likely N-dealkylation sites (tertiary alicyclic amines) is 2. The van der Waals surface area contributed by atoms with E-state index in [1.165, 1.54) is 32.5 Å². The number of nitrogens with zero attached hydrogens (tertiary/aromatic N) is 3. The van der Waals surface area contributed by atoms with E-state index in [0.29, 0.717) is 18.0 Å². The molecule has 0 aliphatic carbocycles. The van der Waals surface area contributed by atoms with E-state index in [0.717, 1.165) is 31.5 Å². The number of aromatic nitrogens is 1. The number of nitrogens with one attached hydrogen (secondary N) is 1. The standard InChI is InChI=1S/C22H36N4O/c1-22(2,3)17-25-12-8-20(9-13-25)26-11-5-7-19(16-26)21(27)24-15-18-6-4-10-23-14-18/h4,6,10,14,19-20H,5,7-9,11-13,15-17H2,1-3H3,(H,24,27). The Morgan fingerprint density at radius 2 is 2.00 bits per heavy atom. The van der Waals surface area contributed by atoms with Gasteiger partial charge in [0.2, 0.25) is 5.91 Å². The quantitative estimate of drug-likeness (QED) is 0.863. The van der Waals surface area contributed by atoms with Crippen LogP contribution in [0.2, 0.25) is 0 Å². The second-order valence-corrected chi connectivity index (χ2v) is 9.48. The molecule has 1 amide bonds. The number of amides is 1. The first kappa shape index (κ1) is 20.3. The number of hydrogen-bond donors (Lipinski definition) is 1. The third kappa shape index (κ3) is 6.28. The van der Waals surface area contributed by atoms with Crippen LogP contribution < -0.4 is 5.32 Å². The van der Waals surface area contributed by atoms with Crippen molar-refractivity contribution >= 4 is 5.91 Å². The molecule has 0 aromatic carbocycles. The molecule has 1 unspecified atom stereocenters. The van der Waals surface area contributed by atoms with Crippen molar-refractivity contribution in [2.45, 2.75) is 59.0 Å². The van der Waals surface area contributed by atoms with Crippen LogP contribution in [0.25, 0.3) is 0 Å². The van der Waals surface area contributed by atoms with Crippen molar-refractivity contribution < 1.29 is 4.79 Å². The third-order valence-corrected chi connectivity index (χ3v) is 5.78. The molecule has 2 aliphatic rings. The lowest BCUT2D eigenvalue weighted by atomic mass is 9.91. The van der Waals surface area contributed by atoms with Gasteiger partial charge in [0.15, 0.2) is 0 Å². The summed E-state index contributed by atoms with van der Waals surface area (Å²) in [5.74, 6) is 0.330. The molecule has 2 saturated heterocycles. The Kier molecular flexibility index (Phi) is 6.88. The molecule has 1 aromatic heterocycles. The smallest absolute Gasteiger partial charge is 0.224 e. The largest absolute Gasteiger partial charge is 0.352 e. The molecule has 0 radical (unpaired) electrons. The van der Waals surface area contributed by atoms with Crippen molar-refractivity contribution in [1.82, 2.24) is 20.1 Å². The molecular formula is C22H36N4O. The van der Waals surface area contributed by atoms with Gasteiger partial charge >= 0.3 is 0 Å². The second kappa shape index (κ2) is 9.16. The van der Waals surface area contributed by atoms with E-state index in [2.05, 4.69) is 40.9 Å². The summed E-state index contributed by atoms with van der Waals surface area (Å²) in [5.41, 5.74) is 1.43. The summed E-state index contributed by atoms with van der Waals surface area (Å²) in [7, 11) is 0. The van der Waals surface area contributed by atoms with Gasteiger partial charge in [-0.1, -0.05) is 26.8 Å². The van der Waals surface area contributed by atoms with Gasteiger partial charge < -0.3 is 10.2 Å². The van der Waals surface area contributed by atoms with E-state index in [1.54, 1.807) is 6.20 Å². The fourth-order valence-corrected chi connectivity index (χ4v) is 4.50. The molecule has 0 bridgehead atoms. The predicted molar refractivity (Wildman–Crippen MR) is 109 cm³/mol. The summed E-state index contributed by atoms with van der Waals surface area (Å²) in [6.07, 6.45) is 8.20. The topological polar surface area (TPSA) is 48.5 Å². The maximum atomic E-state index is 12.6. The zero-order chi connectivity index (χ0) is 19.3. The lowest BCUT2D eigenvalue weighted by Gasteiger charge is -2.43. The van der Waals surface area contributed by atoms with E-state index in [4.69, 9.17) is 0 Å². The van der Waals surface area contributed by atoms with Gasteiger partial charge in [0, 0.05) is 38.1 Å². The van der Waals surface area contributed by atoms with Crippen LogP contribution in [0.5, 0.6) is 0 Å². The minimum absolute atomic E-state index is 0.128. The molecule has 1 aromatic rings. The molecule has 27 heavy (non-hydrogen) atoms. The van der Waals surface area contributed by atoms with Crippen LogP contribution in [0.3, 0.4) is 0 Å². The fraction of sp³-hybridized carbons (Fsp3) is 0.727. The van der Waals surface area contributed by atoms with E-state index in [-0.39, 0.29) is 11.8 Å². The van der Waals surface area contributed by atoms with Crippen molar-refractivity contribution in [3.63, 3.8) is 0 Å². The van der Waals surface area contributed by atoms with Crippen LogP contribution in [0.15, 0.2) is 24.5 Å². The maximum Gasteiger partial charge on any atom is 0.224 e. The van der Waals surface area contributed by atoms with Crippen molar-refractivity contribution in [2.24, 2.45) is 11.3 Å². The molecule has 5 nitrogen and oxygen atoms in total. The van der Waals surface area contributed by atoms with Gasteiger partial charge in [0.1, 0.15) is 0 Å². The van der Waals surface area contributed by atoms with Crippen LogP contribution in [0.1, 0.15) is 52.0 Å². The van der Waals surface area contributed by atoms with Crippen molar-refractivity contribution in [3.05, 3.63) is 30.1 Å². The number of rotatable bonds is 5.